The number of amides is 5. The predicted molar refractivity (Wildman–Crippen MR) is 237 cm³/mol. The fourth-order valence-electron chi connectivity index (χ4n) is 9.79. The zero-order chi connectivity index (χ0) is 44.1. The van der Waals surface area contributed by atoms with E-state index in [0.29, 0.717) is 70.9 Å². The van der Waals surface area contributed by atoms with E-state index >= 15 is 0 Å². The Morgan fingerprint density at radius 2 is 1.58 bits per heavy atom. The van der Waals surface area contributed by atoms with Crippen LogP contribution in [0.25, 0.3) is 11.0 Å². The highest BCUT2D eigenvalue weighted by Gasteiger charge is 2.45. The van der Waals surface area contributed by atoms with Crippen molar-refractivity contribution in [3.63, 3.8) is 0 Å². The Kier molecular flexibility index (Phi) is 11.1. The van der Waals surface area contributed by atoms with Crippen LogP contribution in [0.3, 0.4) is 0 Å². The number of hydrogen-bond acceptors (Lipinski definition) is 12. The van der Waals surface area contributed by atoms with Crippen molar-refractivity contribution in [3.8, 4) is 11.5 Å². The highest BCUT2D eigenvalue weighted by Crippen LogP contribution is 2.35. The monoisotopic (exact) mass is 883 g/mol. The Labute approximate surface area is 373 Å². The first-order valence-corrected chi connectivity index (χ1v) is 22.2. The molecule has 5 amide bonds. The number of rotatable bonds is 11. The number of anilines is 2. The van der Waals surface area contributed by atoms with Gasteiger partial charge in [-0.25, -0.2) is 9.97 Å². The van der Waals surface area contributed by atoms with Crippen LogP contribution in [0.15, 0.2) is 79.3 Å². The summed E-state index contributed by atoms with van der Waals surface area (Å²) in [5.41, 5.74) is 2.70. The van der Waals surface area contributed by atoms with Crippen LogP contribution < -0.4 is 20.3 Å². The van der Waals surface area contributed by atoms with Crippen molar-refractivity contribution in [2.24, 2.45) is 5.92 Å². The molecule has 1 unspecified atom stereocenters. The smallest absolute Gasteiger partial charge is 0.262 e. The lowest BCUT2D eigenvalue weighted by atomic mass is 9.90. The molecule has 328 valence electrons. The number of halogens is 1. The van der Waals surface area contributed by atoms with Gasteiger partial charge in [0.2, 0.25) is 17.7 Å². The lowest BCUT2D eigenvalue weighted by molar-refractivity contribution is -0.136. The van der Waals surface area contributed by atoms with Crippen LogP contribution in [-0.4, -0.2) is 122 Å². The van der Waals surface area contributed by atoms with E-state index in [1.165, 1.54) is 6.33 Å². The molecule has 0 radical (unpaired) electrons. The van der Waals surface area contributed by atoms with E-state index in [1.807, 2.05) is 41.3 Å². The van der Waals surface area contributed by atoms with Crippen molar-refractivity contribution in [2.45, 2.75) is 63.1 Å². The number of hydrogen-bond donors (Lipinski definition) is 3. The molecule has 2 aromatic heterocycles. The van der Waals surface area contributed by atoms with Gasteiger partial charge >= 0.3 is 0 Å². The number of imide groups is 2. The van der Waals surface area contributed by atoms with Gasteiger partial charge in [-0.1, -0.05) is 29.8 Å². The lowest BCUT2D eigenvalue weighted by Gasteiger charge is -2.48. The third-order valence-electron chi connectivity index (χ3n) is 13.3. The van der Waals surface area contributed by atoms with Gasteiger partial charge in [-0.2, -0.15) is 0 Å². The quantitative estimate of drug-likeness (QED) is 0.113. The van der Waals surface area contributed by atoms with Crippen LogP contribution in [0.1, 0.15) is 81.6 Å². The Balaban J connectivity index is 0.682. The summed E-state index contributed by atoms with van der Waals surface area (Å²) in [5, 5.41) is 6.63. The molecule has 0 spiro atoms. The molecular formula is C47H46ClN9O7. The van der Waals surface area contributed by atoms with Gasteiger partial charge in [-0.15, -0.1) is 0 Å². The number of H-pyrrole nitrogens is 1. The second-order valence-corrected chi connectivity index (χ2v) is 17.7. The summed E-state index contributed by atoms with van der Waals surface area (Å²) in [4.78, 5) is 97.6. The van der Waals surface area contributed by atoms with E-state index in [2.05, 4.69) is 35.4 Å². The van der Waals surface area contributed by atoms with Gasteiger partial charge in [0.25, 0.3) is 11.8 Å². The number of fused-ring (bicyclic) bond motifs is 2. The average molecular weight is 884 g/mol. The summed E-state index contributed by atoms with van der Waals surface area (Å²) in [6.45, 7) is 4.62. The van der Waals surface area contributed by atoms with Crippen LogP contribution in [0, 0.1) is 5.92 Å². The molecule has 4 saturated heterocycles. The molecule has 5 aliphatic heterocycles. The number of nitrogens with zero attached hydrogens (tertiary/aromatic N) is 6. The van der Waals surface area contributed by atoms with Crippen LogP contribution in [0.5, 0.6) is 11.5 Å². The molecule has 4 fully saturated rings. The van der Waals surface area contributed by atoms with Gasteiger partial charge in [-0.05, 0) is 80.5 Å². The number of aromatic nitrogens is 3. The number of benzene rings is 3. The fraction of sp³-hybridized carbons (Fsp3) is 0.362. The first kappa shape index (κ1) is 41.4. The Morgan fingerprint density at radius 3 is 2.33 bits per heavy atom. The Bertz CT molecular complexity index is 2690. The first-order valence-electron chi connectivity index (χ1n) is 21.9. The summed E-state index contributed by atoms with van der Waals surface area (Å²) >= 11 is 6.63. The van der Waals surface area contributed by atoms with Crippen molar-refractivity contribution < 1.29 is 33.5 Å². The summed E-state index contributed by atoms with van der Waals surface area (Å²) < 4.78 is 5.89. The average Bonchev–Trinajstić information content (AvgIpc) is 3.83. The lowest BCUT2D eigenvalue weighted by Crippen LogP contribution is -2.56. The number of aromatic amines is 1. The van der Waals surface area contributed by atoms with E-state index in [1.54, 1.807) is 36.5 Å². The summed E-state index contributed by atoms with van der Waals surface area (Å²) in [6.07, 6.45) is 7.18. The van der Waals surface area contributed by atoms with E-state index in [0.717, 1.165) is 62.4 Å². The van der Waals surface area contributed by atoms with Crippen molar-refractivity contribution in [1.29, 1.82) is 0 Å². The van der Waals surface area contributed by atoms with Crippen molar-refractivity contribution in [2.75, 3.05) is 49.5 Å². The van der Waals surface area contributed by atoms with Gasteiger partial charge in [0.05, 0.1) is 27.1 Å². The molecule has 5 aromatic rings. The van der Waals surface area contributed by atoms with Gasteiger partial charge in [0.15, 0.2) is 5.78 Å². The van der Waals surface area contributed by atoms with Gasteiger partial charge < -0.3 is 24.8 Å². The number of piperidine rings is 3. The minimum Gasteiger partial charge on any atom is -0.457 e. The standard InChI is InChI=1S/C47H46ClN9O7/c48-37-22-32(64-31-4-2-1-3-5-31)7-9-34(37)42(60)36-23-49-43-41(36)44(51-26-50-43)52-28-12-16-55(17-13-28)40(59)20-27-24-56(25-27)29-14-18-54(19-15-29)30-6-8-33-35(21-30)47(63)57(46(33)62)38-10-11-39(58)53-45(38)61/h1-9,21-23,26-29,38H,10-20,24-25H2,(H,53,58,61)(H2,49,50,51,52). The molecule has 3 N–H and O–H groups in total. The molecule has 64 heavy (non-hydrogen) atoms. The van der Waals surface area contributed by atoms with E-state index in [4.69, 9.17) is 16.3 Å². The van der Waals surface area contributed by atoms with Gasteiger partial charge in [0, 0.05) is 87.7 Å². The zero-order valence-electron chi connectivity index (χ0n) is 34.9. The van der Waals surface area contributed by atoms with Gasteiger partial charge in [-0.3, -0.25) is 43.9 Å². The zero-order valence-corrected chi connectivity index (χ0v) is 35.7. The molecular weight excluding hydrogens is 838 g/mol. The summed E-state index contributed by atoms with van der Waals surface area (Å²) in [7, 11) is 0. The molecule has 10 rings (SSSR count). The topological polar surface area (TPSA) is 190 Å². The minimum atomic E-state index is -0.989. The molecule has 3 aromatic carbocycles. The summed E-state index contributed by atoms with van der Waals surface area (Å²) in [5.74, 6) is -0.0682. The molecule has 5 aliphatic rings. The van der Waals surface area contributed by atoms with E-state index in [9.17, 15) is 28.8 Å². The molecule has 17 heteroatoms. The summed E-state index contributed by atoms with van der Waals surface area (Å²) in [6, 6.07) is 19.1. The van der Waals surface area contributed by atoms with Crippen LogP contribution >= 0.6 is 11.6 Å². The third-order valence-corrected chi connectivity index (χ3v) is 13.6. The van der Waals surface area contributed by atoms with Crippen molar-refractivity contribution in [3.05, 3.63) is 107 Å². The van der Waals surface area contributed by atoms with E-state index < -0.39 is 29.7 Å². The van der Waals surface area contributed by atoms with Crippen LogP contribution in [-0.2, 0) is 14.4 Å². The molecule has 16 nitrogen and oxygen atoms in total. The number of likely N-dealkylation sites (tertiary alicyclic amines) is 2. The predicted octanol–water partition coefficient (Wildman–Crippen LogP) is 5.43. The van der Waals surface area contributed by atoms with Crippen molar-refractivity contribution in [1.82, 2.24) is 35.0 Å². The largest absolute Gasteiger partial charge is 0.457 e. The number of para-hydroxylation sites is 1. The Morgan fingerprint density at radius 1 is 0.812 bits per heavy atom. The second kappa shape index (κ2) is 17.1. The highest BCUT2D eigenvalue weighted by atomic mass is 35.5. The minimum absolute atomic E-state index is 0.0513. The molecule has 0 aliphatic carbocycles. The maximum absolute atomic E-state index is 13.9. The van der Waals surface area contributed by atoms with Crippen LogP contribution in [0.2, 0.25) is 5.02 Å². The number of ketones is 1. The Hall–Kier alpha value is -6.65. The van der Waals surface area contributed by atoms with Crippen molar-refractivity contribution >= 4 is 69.5 Å². The third kappa shape index (κ3) is 7.96. The van der Waals surface area contributed by atoms with Gasteiger partial charge in [0.1, 0.15) is 35.3 Å². The number of ether oxygens (including phenoxy) is 1. The fourth-order valence-corrected chi connectivity index (χ4v) is 10.0. The maximum Gasteiger partial charge on any atom is 0.262 e. The number of carbonyl (C=O) groups excluding carboxylic acids is 6. The molecule has 7 heterocycles. The second-order valence-electron chi connectivity index (χ2n) is 17.3. The maximum atomic E-state index is 13.9. The highest BCUT2D eigenvalue weighted by molar-refractivity contribution is 6.36. The number of nitrogens with one attached hydrogen (secondary N) is 3. The van der Waals surface area contributed by atoms with Crippen LogP contribution in [0.4, 0.5) is 11.5 Å². The molecule has 1 atom stereocenters. The van der Waals surface area contributed by atoms with E-state index in [-0.39, 0.29) is 46.7 Å². The molecule has 0 bridgehead atoms. The normalized spacial score (nSPS) is 20.1. The first-order chi connectivity index (χ1) is 31.1. The molecule has 0 saturated carbocycles. The SMILES string of the molecule is O=C1CCC(N2C(=O)c3ccc(N4CCC(N5CC(CC(=O)N6CCC(Nc7ncnc8[nH]cc(C(=O)c9ccc(Oc%10ccccc%10)cc9Cl)c78)CC6)C5)CC4)cc3C2=O)C(=O)N1. The number of carbonyl (C=O) groups is 6.